The number of aryl methyl sites for hydroxylation is 1. The average molecular weight is 313 g/mol. The smallest absolute Gasteiger partial charge is 0.109 e. The van der Waals surface area contributed by atoms with Crippen LogP contribution in [0.25, 0.3) is 0 Å². The predicted octanol–water partition coefficient (Wildman–Crippen LogP) is 1.67. The van der Waals surface area contributed by atoms with Crippen LogP contribution in [0, 0.1) is 0 Å². The predicted molar refractivity (Wildman–Crippen MR) is 86.7 cm³/mol. The van der Waals surface area contributed by atoms with Gasteiger partial charge in [0.25, 0.3) is 0 Å². The summed E-state index contributed by atoms with van der Waals surface area (Å²) in [6, 6.07) is 11.0. The fourth-order valence-corrected chi connectivity index (χ4v) is 4.11. The van der Waals surface area contributed by atoms with E-state index in [9.17, 15) is 5.11 Å². The molecule has 2 aliphatic rings. The molecule has 0 radical (unpaired) electrons. The highest BCUT2D eigenvalue weighted by Gasteiger charge is 2.47. The van der Waals surface area contributed by atoms with Crippen molar-refractivity contribution in [3.05, 3.63) is 54.1 Å². The Labute approximate surface area is 136 Å². The van der Waals surface area contributed by atoms with Crippen molar-refractivity contribution < 1.29 is 9.84 Å². The molecule has 122 valence electrons. The number of rotatable bonds is 3. The lowest BCUT2D eigenvalue weighted by Crippen LogP contribution is -2.60. The molecule has 0 spiro atoms. The van der Waals surface area contributed by atoms with Gasteiger partial charge in [-0.05, 0) is 18.4 Å². The molecule has 2 aromatic rings. The third-order valence-electron chi connectivity index (χ3n) is 5.21. The first-order valence-corrected chi connectivity index (χ1v) is 8.22. The normalized spacial score (nSPS) is 31.2. The Morgan fingerprint density at radius 3 is 2.52 bits per heavy atom. The van der Waals surface area contributed by atoms with Crippen molar-refractivity contribution in [3.63, 3.8) is 0 Å². The van der Waals surface area contributed by atoms with Crippen LogP contribution in [0.15, 0.2) is 42.9 Å². The summed E-state index contributed by atoms with van der Waals surface area (Å²) in [5.41, 5.74) is 1.42. The van der Waals surface area contributed by atoms with E-state index < -0.39 is 5.60 Å². The van der Waals surface area contributed by atoms with Crippen molar-refractivity contribution in [1.29, 1.82) is 0 Å². The average Bonchev–Trinajstić information content (AvgIpc) is 2.97. The van der Waals surface area contributed by atoms with Gasteiger partial charge < -0.3 is 14.4 Å². The van der Waals surface area contributed by atoms with E-state index in [1.807, 2.05) is 17.7 Å². The highest BCUT2D eigenvalue weighted by Crippen LogP contribution is 2.41. The van der Waals surface area contributed by atoms with Crippen LogP contribution in [-0.2, 0) is 23.9 Å². The minimum atomic E-state index is -0.808. The SMILES string of the molecule is Cn1cncc1C1(O)CC2COCC(C1)N2Cc1ccccc1. The van der Waals surface area contributed by atoms with Crippen LogP contribution < -0.4 is 0 Å². The summed E-state index contributed by atoms with van der Waals surface area (Å²) in [6.07, 6.45) is 4.94. The van der Waals surface area contributed by atoms with Gasteiger partial charge in [-0.3, -0.25) is 4.90 Å². The molecule has 0 amide bonds. The molecule has 2 unspecified atom stereocenters. The zero-order valence-corrected chi connectivity index (χ0v) is 13.4. The minimum absolute atomic E-state index is 0.239. The topological polar surface area (TPSA) is 50.5 Å². The maximum Gasteiger partial charge on any atom is 0.109 e. The van der Waals surface area contributed by atoms with E-state index in [-0.39, 0.29) is 12.1 Å². The van der Waals surface area contributed by atoms with Crippen molar-refractivity contribution in [3.8, 4) is 0 Å². The van der Waals surface area contributed by atoms with Gasteiger partial charge in [-0.15, -0.1) is 0 Å². The Morgan fingerprint density at radius 1 is 1.22 bits per heavy atom. The standard InChI is InChI=1S/C18H23N3O2/c1-20-13-19-9-17(20)18(22)7-15-11-23-12-16(8-18)21(15)10-14-5-3-2-4-6-14/h2-6,9,13,15-16,22H,7-8,10-12H2,1H3. The van der Waals surface area contributed by atoms with Gasteiger partial charge in [0.05, 0.1) is 31.4 Å². The van der Waals surface area contributed by atoms with Crippen LogP contribution >= 0.6 is 0 Å². The molecule has 2 atom stereocenters. The van der Waals surface area contributed by atoms with E-state index in [2.05, 4.69) is 34.1 Å². The number of fused-ring (bicyclic) bond motifs is 2. The molecule has 1 aromatic carbocycles. The largest absolute Gasteiger partial charge is 0.383 e. The number of piperidine rings is 1. The number of aliphatic hydroxyl groups is 1. The second-order valence-corrected chi connectivity index (χ2v) is 6.83. The Hall–Kier alpha value is -1.69. The molecule has 5 nitrogen and oxygen atoms in total. The van der Waals surface area contributed by atoms with Crippen molar-refractivity contribution in [2.45, 2.75) is 37.1 Å². The summed E-state index contributed by atoms with van der Waals surface area (Å²) >= 11 is 0. The van der Waals surface area contributed by atoms with E-state index in [4.69, 9.17) is 4.74 Å². The first kappa shape index (κ1) is 14.9. The fraction of sp³-hybridized carbons (Fsp3) is 0.500. The van der Waals surface area contributed by atoms with Crippen LogP contribution in [0.1, 0.15) is 24.1 Å². The molecule has 2 fully saturated rings. The summed E-state index contributed by atoms with van der Waals surface area (Å²) in [6.45, 7) is 2.29. The second kappa shape index (κ2) is 5.74. The number of ether oxygens (including phenoxy) is 1. The van der Waals surface area contributed by atoms with E-state index in [0.29, 0.717) is 26.1 Å². The van der Waals surface area contributed by atoms with Gasteiger partial charge in [0.2, 0.25) is 0 Å². The second-order valence-electron chi connectivity index (χ2n) is 6.83. The van der Waals surface area contributed by atoms with E-state index in [0.717, 1.165) is 12.2 Å². The molecule has 2 saturated heterocycles. The minimum Gasteiger partial charge on any atom is -0.383 e. The Balaban J connectivity index is 1.58. The Morgan fingerprint density at radius 2 is 1.91 bits per heavy atom. The number of benzene rings is 1. The van der Waals surface area contributed by atoms with E-state index in [1.54, 1.807) is 12.5 Å². The lowest BCUT2D eigenvalue weighted by Gasteiger charge is -2.51. The first-order chi connectivity index (χ1) is 11.2. The van der Waals surface area contributed by atoms with E-state index in [1.165, 1.54) is 5.56 Å². The van der Waals surface area contributed by atoms with Gasteiger partial charge in [-0.1, -0.05) is 30.3 Å². The molecular formula is C18H23N3O2. The van der Waals surface area contributed by atoms with Crippen molar-refractivity contribution in [2.24, 2.45) is 7.05 Å². The lowest BCUT2D eigenvalue weighted by molar-refractivity contribution is -0.151. The first-order valence-electron chi connectivity index (χ1n) is 8.22. The van der Waals surface area contributed by atoms with Crippen LogP contribution in [0.2, 0.25) is 0 Å². The van der Waals surface area contributed by atoms with E-state index >= 15 is 0 Å². The molecule has 1 N–H and O–H groups in total. The fourth-order valence-electron chi connectivity index (χ4n) is 4.11. The summed E-state index contributed by atoms with van der Waals surface area (Å²) in [5.74, 6) is 0. The van der Waals surface area contributed by atoms with Crippen LogP contribution in [0.5, 0.6) is 0 Å². The molecule has 0 saturated carbocycles. The number of nitrogens with zero attached hydrogens (tertiary/aromatic N) is 3. The molecule has 3 heterocycles. The molecular weight excluding hydrogens is 290 g/mol. The summed E-state index contributed by atoms with van der Waals surface area (Å²) < 4.78 is 7.70. The zero-order chi connectivity index (χ0) is 15.9. The molecule has 1 aromatic heterocycles. The maximum absolute atomic E-state index is 11.3. The third-order valence-corrected chi connectivity index (χ3v) is 5.21. The third kappa shape index (κ3) is 2.69. The summed E-state index contributed by atoms with van der Waals surface area (Å²) in [7, 11) is 1.95. The van der Waals surface area contributed by atoms with Gasteiger partial charge in [0, 0.05) is 25.7 Å². The molecule has 2 aliphatic heterocycles. The summed E-state index contributed by atoms with van der Waals surface area (Å²) in [5, 5.41) is 11.3. The quantitative estimate of drug-likeness (QED) is 0.936. The number of imidazole rings is 1. The van der Waals surface area contributed by atoms with Gasteiger partial charge in [0.1, 0.15) is 5.60 Å². The molecule has 4 rings (SSSR count). The zero-order valence-electron chi connectivity index (χ0n) is 13.4. The molecule has 5 heteroatoms. The van der Waals surface area contributed by atoms with Crippen LogP contribution in [-0.4, -0.2) is 44.9 Å². The number of hydrogen-bond donors (Lipinski definition) is 1. The van der Waals surface area contributed by atoms with Crippen molar-refractivity contribution >= 4 is 0 Å². The van der Waals surface area contributed by atoms with Crippen LogP contribution in [0.3, 0.4) is 0 Å². The summed E-state index contributed by atoms with van der Waals surface area (Å²) in [4.78, 5) is 6.68. The lowest BCUT2D eigenvalue weighted by atomic mass is 9.79. The monoisotopic (exact) mass is 313 g/mol. The Kier molecular flexibility index (Phi) is 3.71. The number of aromatic nitrogens is 2. The van der Waals surface area contributed by atoms with Gasteiger partial charge in [-0.2, -0.15) is 0 Å². The molecule has 0 aliphatic carbocycles. The molecule has 2 bridgehead atoms. The highest BCUT2D eigenvalue weighted by atomic mass is 16.5. The van der Waals surface area contributed by atoms with Gasteiger partial charge in [0.15, 0.2) is 0 Å². The number of hydrogen-bond acceptors (Lipinski definition) is 4. The van der Waals surface area contributed by atoms with Crippen LogP contribution in [0.4, 0.5) is 0 Å². The van der Waals surface area contributed by atoms with Gasteiger partial charge >= 0.3 is 0 Å². The van der Waals surface area contributed by atoms with Crippen molar-refractivity contribution in [2.75, 3.05) is 13.2 Å². The van der Waals surface area contributed by atoms with Gasteiger partial charge in [-0.25, -0.2) is 4.98 Å². The number of morpholine rings is 1. The van der Waals surface area contributed by atoms with Crippen molar-refractivity contribution in [1.82, 2.24) is 14.5 Å². The molecule has 23 heavy (non-hydrogen) atoms. The highest BCUT2D eigenvalue weighted by molar-refractivity contribution is 5.18. The Bertz CT molecular complexity index is 656. The maximum atomic E-state index is 11.3.